The minimum absolute atomic E-state index is 0.0568. The molecular formula is C19H31N5O2S. The molecule has 1 heterocycles. The molecule has 2 fully saturated rings. The second-order valence-corrected chi connectivity index (χ2v) is 9.30. The molecule has 1 aliphatic heterocycles. The molecule has 0 radical (unpaired) electrons. The number of hydrogen-bond acceptors (Lipinski definition) is 4. The predicted molar refractivity (Wildman–Crippen MR) is 111 cm³/mol. The summed E-state index contributed by atoms with van der Waals surface area (Å²) in [5.41, 5.74) is 1.23. The minimum atomic E-state index is -3.23. The van der Waals surface area contributed by atoms with E-state index in [1.54, 1.807) is 7.05 Å². The van der Waals surface area contributed by atoms with E-state index in [2.05, 4.69) is 49.5 Å². The maximum absolute atomic E-state index is 12.1. The van der Waals surface area contributed by atoms with Gasteiger partial charge in [-0.15, -0.1) is 0 Å². The number of guanidine groups is 1. The van der Waals surface area contributed by atoms with Gasteiger partial charge in [-0.3, -0.25) is 4.99 Å². The zero-order chi connectivity index (χ0) is 19.1. The van der Waals surface area contributed by atoms with Crippen LogP contribution in [0.2, 0.25) is 0 Å². The molecule has 3 rings (SSSR count). The number of hydrogen-bond donors (Lipinski definition) is 3. The van der Waals surface area contributed by atoms with Crippen molar-refractivity contribution in [2.75, 3.05) is 43.9 Å². The number of rotatable bonds is 8. The van der Waals surface area contributed by atoms with E-state index in [-0.39, 0.29) is 5.75 Å². The topological polar surface area (TPSA) is 85.8 Å². The molecule has 3 N–H and O–H groups in total. The van der Waals surface area contributed by atoms with Crippen LogP contribution in [0.5, 0.6) is 0 Å². The van der Waals surface area contributed by atoms with E-state index in [1.807, 2.05) is 6.07 Å². The van der Waals surface area contributed by atoms with Crippen molar-refractivity contribution in [3.8, 4) is 0 Å². The summed E-state index contributed by atoms with van der Waals surface area (Å²) in [5.74, 6) is 1.24. The van der Waals surface area contributed by atoms with Crippen molar-refractivity contribution in [2.45, 2.75) is 31.7 Å². The van der Waals surface area contributed by atoms with Crippen LogP contribution in [-0.2, 0) is 10.0 Å². The van der Waals surface area contributed by atoms with Gasteiger partial charge in [-0.25, -0.2) is 13.1 Å². The molecule has 8 heteroatoms. The second-order valence-electron chi connectivity index (χ2n) is 7.37. The van der Waals surface area contributed by atoms with Crippen LogP contribution in [0, 0.1) is 5.92 Å². The number of nitrogens with zero attached hydrogens (tertiary/aromatic N) is 2. The number of aliphatic imine (C=N–C) groups is 1. The number of anilines is 1. The van der Waals surface area contributed by atoms with Crippen molar-refractivity contribution in [1.29, 1.82) is 0 Å². The molecule has 1 aromatic carbocycles. The summed E-state index contributed by atoms with van der Waals surface area (Å²) in [6, 6.07) is 10.7. The van der Waals surface area contributed by atoms with Crippen molar-refractivity contribution in [3.63, 3.8) is 0 Å². The summed E-state index contributed by atoms with van der Waals surface area (Å²) < 4.78 is 26.9. The lowest BCUT2D eigenvalue weighted by Crippen LogP contribution is -2.46. The Kier molecular flexibility index (Phi) is 6.95. The van der Waals surface area contributed by atoms with E-state index in [0.717, 1.165) is 32.4 Å². The number of para-hydroxylation sites is 1. The van der Waals surface area contributed by atoms with Gasteiger partial charge in [0.25, 0.3) is 0 Å². The molecular weight excluding hydrogens is 362 g/mol. The summed E-state index contributed by atoms with van der Waals surface area (Å²) in [5, 5.41) is 6.53. The third kappa shape index (κ3) is 6.10. The molecule has 1 atom stereocenters. The van der Waals surface area contributed by atoms with Gasteiger partial charge < -0.3 is 15.5 Å². The van der Waals surface area contributed by atoms with Crippen molar-refractivity contribution >= 4 is 21.7 Å². The van der Waals surface area contributed by atoms with Gasteiger partial charge in [-0.1, -0.05) is 24.6 Å². The first-order chi connectivity index (χ1) is 13.1. The average molecular weight is 394 g/mol. The highest BCUT2D eigenvalue weighted by Crippen LogP contribution is 2.25. The highest BCUT2D eigenvalue weighted by Gasteiger charge is 2.23. The zero-order valence-electron chi connectivity index (χ0n) is 16.0. The fraction of sp³-hybridized carbons (Fsp3) is 0.632. The lowest BCUT2D eigenvalue weighted by Gasteiger charge is -2.25. The highest BCUT2D eigenvalue weighted by atomic mass is 32.2. The molecule has 0 aromatic heterocycles. The first kappa shape index (κ1) is 19.9. The summed E-state index contributed by atoms with van der Waals surface area (Å²) in [6.07, 6.45) is 4.52. The van der Waals surface area contributed by atoms with Crippen LogP contribution in [0.15, 0.2) is 35.3 Å². The van der Waals surface area contributed by atoms with Crippen LogP contribution in [0.25, 0.3) is 0 Å². The number of nitrogens with one attached hydrogen (secondary N) is 3. The third-order valence-corrected chi connectivity index (χ3v) is 6.70. The summed E-state index contributed by atoms with van der Waals surface area (Å²) in [7, 11) is -1.52. The monoisotopic (exact) mass is 393 g/mol. The minimum Gasteiger partial charge on any atom is -0.369 e. The molecule has 1 aliphatic carbocycles. The summed E-state index contributed by atoms with van der Waals surface area (Å²) in [6.45, 7) is 2.82. The van der Waals surface area contributed by atoms with E-state index in [9.17, 15) is 8.42 Å². The van der Waals surface area contributed by atoms with Gasteiger partial charge in [0.15, 0.2) is 5.96 Å². The lowest BCUT2D eigenvalue weighted by molar-refractivity contribution is 0.316. The van der Waals surface area contributed by atoms with Crippen LogP contribution in [0.3, 0.4) is 0 Å². The van der Waals surface area contributed by atoms with Gasteiger partial charge in [-0.2, -0.15) is 0 Å². The predicted octanol–water partition coefficient (Wildman–Crippen LogP) is 1.15. The van der Waals surface area contributed by atoms with Gasteiger partial charge in [0, 0.05) is 45.0 Å². The summed E-state index contributed by atoms with van der Waals surface area (Å²) >= 11 is 0. The lowest BCUT2D eigenvalue weighted by atomic mass is 9.86. The molecule has 0 bridgehead atoms. The Hall–Kier alpha value is -1.80. The standard InChI is InChI=1S/C19H31N5O2S/c1-20-19(21-11-13-27(25,26)22-14-16-6-5-7-16)23-17-10-12-24(15-17)18-8-3-2-4-9-18/h2-4,8-9,16-17,22H,5-7,10-15H2,1H3,(H2,20,21,23). The molecule has 7 nitrogen and oxygen atoms in total. The molecule has 1 saturated carbocycles. The fourth-order valence-electron chi connectivity index (χ4n) is 3.46. The molecule has 1 unspecified atom stereocenters. The maximum Gasteiger partial charge on any atom is 0.213 e. The Balaban J connectivity index is 1.38. The van der Waals surface area contributed by atoms with Crippen molar-refractivity contribution < 1.29 is 8.42 Å². The number of sulfonamides is 1. The van der Waals surface area contributed by atoms with Crippen LogP contribution in [0.1, 0.15) is 25.7 Å². The van der Waals surface area contributed by atoms with Crippen LogP contribution >= 0.6 is 0 Å². The maximum atomic E-state index is 12.1. The first-order valence-corrected chi connectivity index (χ1v) is 11.5. The molecule has 2 aliphatic rings. The van der Waals surface area contributed by atoms with Crippen molar-refractivity contribution in [1.82, 2.24) is 15.4 Å². The Labute approximate surface area is 162 Å². The first-order valence-electron chi connectivity index (χ1n) is 9.80. The van der Waals surface area contributed by atoms with Gasteiger partial charge >= 0.3 is 0 Å². The van der Waals surface area contributed by atoms with Gasteiger partial charge in [0.2, 0.25) is 10.0 Å². The largest absolute Gasteiger partial charge is 0.369 e. The number of benzene rings is 1. The third-order valence-electron chi connectivity index (χ3n) is 5.35. The van der Waals surface area contributed by atoms with Crippen LogP contribution < -0.4 is 20.3 Å². The Bertz CT molecular complexity index is 719. The van der Waals surface area contributed by atoms with Gasteiger partial charge in [0.05, 0.1) is 5.75 Å². The Morgan fingerprint density at radius 2 is 2.00 bits per heavy atom. The van der Waals surface area contributed by atoms with E-state index >= 15 is 0 Å². The summed E-state index contributed by atoms with van der Waals surface area (Å²) in [4.78, 5) is 6.57. The molecule has 150 valence electrons. The zero-order valence-corrected chi connectivity index (χ0v) is 16.8. The van der Waals surface area contributed by atoms with Crippen molar-refractivity contribution in [2.24, 2.45) is 10.9 Å². The molecule has 27 heavy (non-hydrogen) atoms. The quantitative estimate of drug-likeness (QED) is 0.456. The fourth-order valence-corrected chi connectivity index (χ4v) is 4.46. The van der Waals surface area contributed by atoms with Crippen LogP contribution in [-0.4, -0.2) is 59.4 Å². The molecule has 1 aromatic rings. The SMILES string of the molecule is CN=C(NCCS(=O)(=O)NCC1CCC1)NC1CCN(c2ccccc2)C1. The van der Waals surface area contributed by atoms with Gasteiger partial charge in [-0.05, 0) is 37.3 Å². The molecule has 1 saturated heterocycles. The molecule has 0 spiro atoms. The van der Waals surface area contributed by atoms with E-state index in [1.165, 1.54) is 12.1 Å². The Morgan fingerprint density at radius 1 is 1.22 bits per heavy atom. The van der Waals surface area contributed by atoms with E-state index < -0.39 is 10.0 Å². The van der Waals surface area contributed by atoms with E-state index in [0.29, 0.717) is 31.0 Å². The van der Waals surface area contributed by atoms with Crippen molar-refractivity contribution in [3.05, 3.63) is 30.3 Å². The Morgan fingerprint density at radius 3 is 2.67 bits per heavy atom. The normalized spacial score (nSPS) is 21.1. The second kappa shape index (κ2) is 9.41. The van der Waals surface area contributed by atoms with Gasteiger partial charge in [0.1, 0.15) is 0 Å². The highest BCUT2D eigenvalue weighted by molar-refractivity contribution is 7.89. The average Bonchev–Trinajstić information content (AvgIpc) is 3.08. The van der Waals surface area contributed by atoms with E-state index in [4.69, 9.17) is 0 Å². The van der Waals surface area contributed by atoms with Crippen LogP contribution in [0.4, 0.5) is 5.69 Å². The molecule has 0 amide bonds. The smallest absolute Gasteiger partial charge is 0.213 e.